The monoisotopic (exact) mass is 512 g/mol. The second-order valence-corrected chi connectivity index (χ2v) is 13.2. The van der Waals surface area contributed by atoms with Crippen molar-refractivity contribution in [1.29, 1.82) is 0 Å². The molecule has 1 heterocycles. The number of rotatable bonds is 2. The predicted octanol–water partition coefficient (Wildman–Crippen LogP) is 3.48. The molecule has 3 fully saturated rings. The Morgan fingerprint density at radius 2 is 1.49 bits per heavy atom. The molecule has 8 nitrogen and oxygen atoms in total. The standard InChI is InChI=1S/C29H36O8/c1-14(30)36-24-23(35)22-21(15(31)12-16-25(2,3)18(32)8-10-26(16,22)4)29(7)19(33)13-17(28(24,29)6)27(5)11-9-20(34)37-27/h16-17,24H,8-13H2,1-7H3. The average Bonchev–Trinajstić information content (AvgIpc) is 3.25. The zero-order valence-corrected chi connectivity index (χ0v) is 22.7. The molecule has 0 aromatic carbocycles. The first kappa shape index (κ1) is 26.0. The fourth-order valence-corrected chi connectivity index (χ4v) is 8.94. The van der Waals surface area contributed by atoms with Gasteiger partial charge in [-0.15, -0.1) is 0 Å². The van der Waals surface area contributed by atoms with Crippen molar-refractivity contribution < 1.29 is 38.2 Å². The maximum Gasteiger partial charge on any atom is 0.306 e. The van der Waals surface area contributed by atoms with Crippen LogP contribution in [0.15, 0.2) is 11.1 Å². The van der Waals surface area contributed by atoms with Gasteiger partial charge in [-0.25, -0.2) is 0 Å². The number of Topliss-reactive ketones (excluding diaryl/α,β-unsaturated/α-hetero) is 4. The largest absolute Gasteiger partial charge is 0.459 e. The molecular weight excluding hydrogens is 476 g/mol. The van der Waals surface area contributed by atoms with Gasteiger partial charge in [0.1, 0.15) is 17.2 Å². The number of ketones is 4. The zero-order chi connectivity index (χ0) is 27.5. The molecule has 0 amide bonds. The molecule has 4 aliphatic carbocycles. The third-order valence-electron chi connectivity index (χ3n) is 11.2. The van der Waals surface area contributed by atoms with E-state index in [-0.39, 0.29) is 60.1 Å². The van der Waals surface area contributed by atoms with Crippen molar-refractivity contribution in [3.8, 4) is 0 Å². The van der Waals surface area contributed by atoms with E-state index in [2.05, 4.69) is 0 Å². The van der Waals surface area contributed by atoms with Crippen LogP contribution in [-0.4, -0.2) is 46.8 Å². The second kappa shape index (κ2) is 7.48. The Morgan fingerprint density at radius 1 is 0.838 bits per heavy atom. The van der Waals surface area contributed by atoms with Crippen LogP contribution < -0.4 is 0 Å². The van der Waals surface area contributed by atoms with E-state index in [1.807, 2.05) is 20.8 Å². The van der Waals surface area contributed by atoms with Crippen LogP contribution in [-0.2, 0) is 38.2 Å². The van der Waals surface area contributed by atoms with E-state index in [4.69, 9.17) is 9.47 Å². The summed E-state index contributed by atoms with van der Waals surface area (Å²) in [5.74, 6) is -3.03. The summed E-state index contributed by atoms with van der Waals surface area (Å²) in [6.07, 6.45) is -0.0712. The number of carbonyl (C=O) groups excluding carboxylic acids is 6. The molecule has 0 bridgehead atoms. The molecule has 200 valence electrons. The lowest BCUT2D eigenvalue weighted by Gasteiger charge is -2.60. The summed E-state index contributed by atoms with van der Waals surface area (Å²) in [5, 5.41) is 0. The van der Waals surface area contributed by atoms with Gasteiger partial charge in [-0.3, -0.25) is 28.8 Å². The van der Waals surface area contributed by atoms with Crippen molar-refractivity contribution >= 4 is 35.1 Å². The van der Waals surface area contributed by atoms with E-state index >= 15 is 0 Å². The van der Waals surface area contributed by atoms with Crippen molar-refractivity contribution in [3.63, 3.8) is 0 Å². The SMILES string of the molecule is CC(=O)OC1C(=O)C2=C(C(=O)CC3C(C)(C)C(=O)CCC23C)C2(C)C(=O)CC(C3(C)CCC(=O)O3)C12C. The Kier molecular flexibility index (Phi) is 5.25. The minimum Gasteiger partial charge on any atom is -0.459 e. The van der Waals surface area contributed by atoms with Crippen LogP contribution >= 0.6 is 0 Å². The highest BCUT2D eigenvalue weighted by Crippen LogP contribution is 2.71. The minimum atomic E-state index is -1.42. The molecule has 5 aliphatic rings. The van der Waals surface area contributed by atoms with Crippen LogP contribution in [0.2, 0.25) is 0 Å². The third kappa shape index (κ3) is 2.96. The van der Waals surface area contributed by atoms with Crippen LogP contribution in [0.1, 0.15) is 87.0 Å². The Hall–Kier alpha value is -2.64. The Balaban J connectivity index is 1.80. The van der Waals surface area contributed by atoms with Crippen LogP contribution in [0.3, 0.4) is 0 Å². The molecule has 7 atom stereocenters. The van der Waals surface area contributed by atoms with E-state index in [1.165, 1.54) is 6.92 Å². The van der Waals surface area contributed by atoms with Crippen molar-refractivity contribution in [3.05, 3.63) is 11.1 Å². The fraction of sp³-hybridized carbons (Fsp3) is 0.724. The summed E-state index contributed by atoms with van der Waals surface area (Å²) in [5.41, 5.74) is -4.95. The quantitative estimate of drug-likeness (QED) is 0.516. The number of cyclic esters (lactones) is 1. The predicted molar refractivity (Wildman–Crippen MR) is 130 cm³/mol. The number of ether oxygens (including phenoxy) is 2. The van der Waals surface area contributed by atoms with Crippen molar-refractivity contribution in [2.45, 2.75) is 98.7 Å². The third-order valence-corrected chi connectivity index (χ3v) is 11.2. The van der Waals surface area contributed by atoms with Crippen molar-refractivity contribution in [1.82, 2.24) is 0 Å². The van der Waals surface area contributed by atoms with Gasteiger partial charge >= 0.3 is 11.9 Å². The Labute approximate surface area is 216 Å². The molecule has 0 radical (unpaired) electrons. The van der Waals surface area contributed by atoms with E-state index in [9.17, 15) is 28.8 Å². The van der Waals surface area contributed by atoms with Gasteiger partial charge in [0, 0.05) is 65.9 Å². The number of fused-ring (bicyclic) bond motifs is 4. The van der Waals surface area contributed by atoms with Crippen LogP contribution in [0.4, 0.5) is 0 Å². The fourth-order valence-electron chi connectivity index (χ4n) is 8.94. The average molecular weight is 513 g/mol. The summed E-state index contributed by atoms with van der Waals surface area (Å²) in [4.78, 5) is 80.1. The van der Waals surface area contributed by atoms with Gasteiger partial charge in [-0.1, -0.05) is 27.7 Å². The first-order valence-corrected chi connectivity index (χ1v) is 13.2. The summed E-state index contributed by atoms with van der Waals surface area (Å²) in [6, 6.07) is 0. The van der Waals surface area contributed by atoms with Gasteiger partial charge in [0.2, 0.25) is 5.78 Å². The topological polar surface area (TPSA) is 121 Å². The molecule has 0 aromatic rings. The number of hydrogen-bond acceptors (Lipinski definition) is 8. The molecule has 0 spiro atoms. The Bertz CT molecular complexity index is 1220. The number of allylic oxidation sites excluding steroid dienone is 1. The first-order valence-electron chi connectivity index (χ1n) is 13.2. The van der Waals surface area contributed by atoms with E-state index in [1.54, 1.807) is 20.8 Å². The summed E-state index contributed by atoms with van der Waals surface area (Å²) >= 11 is 0. The molecule has 8 heteroatoms. The van der Waals surface area contributed by atoms with Crippen LogP contribution in [0.5, 0.6) is 0 Å². The highest BCUT2D eigenvalue weighted by molar-refractivity contribution is 6.18. The molecule has 2 saturated carbocycles. The molecule has 37 heavy (non-hydrogen) atoms. The minimum absolute atomic E-state index is 0.00396. The van der Waals surface area contributed by atoms with Crippen molar-refractivity contribution in [2.75, 3.05) is 0 Å². The lowest BCUT2D eigenvalue weighted by atomic mass is 9.42. The highest BCUT2D eigenvalue weighted by atomic mass is 16.6. The van der Waals surface area contributed by atoms with Crippen LogP contribution in [0, 0.1) is 33.5 Å². The molecule has 5 rings (SSSR count). The summed E-state index contributed by atoms with van der Waals surface area (Å²) in [7, 11) is 0. The second-order valence-electron chi connectivity index (χ2n) is 13.2. The normalized spacial score (nSPS) is 44.8. The lowest BCUT2D eigenvalue weighted by molar-refractivity contribution is -0.185. The van der Waals surface area contributed by atoms with E-state index in [0.717, 1.165) is 0 Å². The van der Waals surface area contributed by atoms with Gasteiger partial charge in [0.25, 0.3) is 0 Å². The molecule has 7 unspecified atom stereocenters. The maximum absolute atomic E-state index is 14.5. The molecule has 1 saturated heterocycles. The van der Waals surface area contributed by atoms with Gasteiger partial charge in [0.05, 0.1) is 5.41 Å². The van der Waals surface area contributed by atoms with E-state index in [0.29, 0.717) is 12.8 Å². The van der Waals surface area contributed by atoms with Gasteiger partial charge < -0.3 is 9.47 Å². The Morgan fingerprint density at radius 3 is 2.05 bits per heavy atom. The van der Waals surface area contributed by atoms with E-state index < -0.39 is 57.0 Å². The van der Waals surface area contributed by atoms with Gasteiger partial charge in [-0.05, 0) is 32.6 Å². The number of carbonyl (C=O) groups is 6. The molecule has 0 N–H and O–H groups in total. The summed E-state index contributed by atoms with van der Waals surface area (Å²) < 4.78 is 11.5. The highest BCUT2D eigenvalue weighted by Gasteiger charge is 2.77. The van der Waals surface area contributed by atoms with Crippen molar-refractivity contribution in [2.24, 2.45) is 33.5 Å². The molecule has 0 aromatic heterocycles. The summed E-state index contributed by atoms with van der Waals surface area (Å²) in [6.45, 7) is 12.0. The number of esters is 2. The van der Waals surface area contributed by atoms with Crippen LogP contribution in [0.25, 0.3) is 0 Å². The first-order chi connectivity index (χ1) is 17.0. The lowest BCUT2D eigenvalue weighted by Crippen LogP contribution is -2.65. The molecular formula is C29H36O8. The van der Waals surface area contributed by atoms with Gasteiger partial charge in [0.15, 0.2) is 11.9 Å². The number of hydrogen-bond donors (Lipinski definition) is 0. The molecule has 1 aliphatic heterocycles. The maximum atomic E-state index is 14.5. The zero-order valence-electron chi connectivity index (χ0n) is 22.7. The smallest absolute Gasteiger partial charge is 0.306 e. The van der Waals surface area contributed by atoms with Gasteiger partial charge in [-0.2, -0.15) is 0 Å².